The van der Waals surface area contributed by atoms with Crippen LogP contribution in [0.15, 0.2) is 24.3 Å². The summed E-state index contributed by atoms with van der Waals surface area (Å²) < 4.78 is 1.85. The van der Waals surface area contributed by atoms with E-state index in [1.165, 1.54) is 5.56 Å². The summed E-state index contributed by atoms with van der Waals surface area (Å²) in [5.74, 6) is 0.762. The third-order valence-corrected chi connectivity index (χ3v) is 3.19. The molecule has 0 spiro atoms. The predicted octanol–water partition coefficient (Wildman–Crippen LogP) is 1.41. The molecule has 1 aliphatic heterocycles. The molecule has 2 aromatic rings. The van der Waals surface area contributed by atoms with Crippen LogP contribution in [0.2, 0.25) is 0 Å². The molecule has 1 aromatic carbocycles. The van der Waals surface area contributed by atoms with E-state index in [4.69, 9.17) is 5.73 Å². The fourth-order valence-electron chi connectivity index (χ4n) is 2.28. The highest BCUT2D eigenvalue weighted by atomic mass is 15.3. The summed E-state index contributed by atoms with van der Waals surface area (Å²) in [4.78, 5) is 0. The summed E-state index contributed by atoms with van der Waals surface area (Å²) in [5.41, 5.74) is 10.7. The Morgan fingerprint density at radius 2 is 2.29 bits per heavy atom. The SMILES string of the molecule is Cc1cccc(-n2nc3c(c2N)CNCC3)c1. The van der Waals surface area contributed by atoms with Crippen molar-refractivity contribution in [2.75, 3.05) is 12.3 Å². The van der Waals surface area contributed by atoms with E-state index in [1.54, 1.807) is 0 Å². The first-order valence-corrected chi connectivity index (χ1v) is 5.90. The van der Waals surface area contributed by atoms with Gasteiger partial charge in [-0.1, -0.05) is 12.1 Å². The second-order valence-electron chi connectivity index (χ2n) is 4.49. The van der Waals surface area contributed by atoms with Gasteiger partial charge in [0.1, 0.15) is 5.82 Å². The maximum atomic E-state index is 6.17. The van der Waals surface area contributed by atoms with Crippen molar-refractivity contribution < 1.29 is 0 Å². The Bertz CT molecular complexity index is 557. The van der Waals surface area contributed by atoms with Gasteiger partial charge in [-0.05, 0) is 24.6 Å². The molecule has 4 heteroatoms. The number of hydrogen-bond acceptors (Lipinski definition) is 3. The first-order valence-electron chi connectivity index (χ1n) is 5.90. The largest absolute Gasteiger partial charge is 0.383 e. The standard InChI is InChI=1S/C13H16N4/c1-9-3-2-4-10(7-9)17-13(14)11-8-15-6-5-12(11)16-17/h2-4,7,15H,5-6,8,14H2,1H3. The molecule has 17 heavy (non-hydrogen) atoms. The van der Waals surface area contributed by atoms with E-state index in [2.05, 4.69) is 29.5 Å². The molecule has 1 aromatic heterocycles. The number of nitrogens with two attached hydrogens (primary N) is 1. The Morgan fingerprint density at radius 1 is 1.41 bits per heavy atom. The number of anilines is 1. The van der Waals surface area contributed by atoms with Gasteiger partial charge in [-0.3, -0.25) is 0 Å². The molecule has 0 saturated carbocycles. The van der Waals surface area contributed by atoms with Gasteiger partial charge in [-0.25, -0.2) is 4.68 Å². The maximum Gasteiger partial charge on any atom is 0.132 e. The van der Waals surface area contributed by atoms with Gasteiger partial charge in [-0.2, -0.15) is 5.10 Å². The van der Waals surface area contributed by atoms with E-state index >= 15 is 0 Å². The number of nitrogens with zero attached hydrogens (tertiary/aromatic N) is 2. The normalized spacial score (nSPS) is 14.6. The van der Waals surface area contributed by atoms with Gasteiger partial charge in [-0.15, -0.1) is 0 Å². The molecule has 0 atom stereocenters. The van der Waals surface area contributed by atoms with Gasteiger partial charge in [0, 0.05) is 25.1 Å². The number of hydrogen-bond donors (Lipinski definition) is 2. The zero-order chi connectivity index (χ0) is 11.8. The van der Waals surface area contributed by atoms with Gasteiger partial charge in [0.25, 0.3) is 0 Å². The molecule has 0 unspecified atom stereocenters. The van der Waals surface area contributed by atoms with Crippen LogP contribution >= 0.6 is 0 Å². The Morgan fingerprint density at radius 3 is 3.06 bits per heavy atom. The molecule has 0 saturated heterocycles. The Hall–Kier alpha value is -1.81. The van der Waals surface area contributed by atoms with E-state index in [-0.39, 0.29) is 0 Å². The summed E-state index contributed by atoms with van der Waals surface area (Å²) in [6, 6.07) is 8.24. The van der Waals surface area contributed by atoms with Crippen LogP contribution in [-0.2, 0) is 13.0 Å². The summed E-state index contributed by atoms with van der Waals surface area (Å²) in [5, 5.41) is 7.94. The molecule has 3 N–H and O–H groups in total. The van der Waals surface area contributed by atoms with Gasteiger partial charge in [0.15, 0.2) is 0 Å². The van der Waals surface area contributed by atoms with Gasteiger partial charge in [0.05, 0.1) is 11.4 Å². The molecule has 0 fully saturated rings. The average Bonchev–Trinajstić information content (AvgIpc) is 2.68. The third kappa shape index (κ3) is 1.70. The minimum atomic E-state index is 0.762. The van der Waals surface area contributed by atoms with Crippen LogP contribution in [0, 0.1) is 6.92 Å². The minimum Gasteiger partial charge on any atom is -0.383 e. The van der Waals surface area contributed by atoms with Gasteiger partial charge >= 0.3 is 0 Å². The van der Waals surface area contributed by atoms with Crippen LogP contribution in [0.1, 0.15) is 16.8 Å². The molecule has 3 rings (SSSR count). The smallest absolute Gasteiger partial charge is 0.132 e. The van der Waals surface area contributed by atoms with Crippen LogP contribution in [0.3, 0.4) is 0 Å². The van der Waals surface area contributed by atoms with Crippen molar-refractivity contribution >= 4 is 5.82 Å². The van der Waals surface area contributed by atoms with E-state index in [0.29, 0.717) is 0 Å². The topological polar surface area (TPSA) is 55.9 Å². The lowest BCUT2D eigenvalue weighted by Gasteiger charge is -2.10. The number of nitrogens with one attached hydrogen (secondary N) is 1. The Labute approximate surface area is 100 Å². The highest BCUT2D eigenvalue weighted by Crippen LogP contribution is 2.23. The van der Waals surface area contributed by atoms with Crippen molar-refractivity contribution in [3.63, 3.8) is 0 Å². The lowest BCUT2D eigenvalue weighted by Crippen LogP contribution is -2.23. The van der Waals surface area contributed by atoms with Crippen LogP contribution in [0.25, 0.3) is 5.69 Å². The molecule has 4 nitrogen and oxygen atoms in total. The fourth-order valence-corrected chi connectivity index (χ4v) is 2.28. The number of nitrogen functional groups attached to an aromatic ring is 1. The fraction of sp³-hybridized carbons (Fsp3) is 0.308. The van der Waals surface area contributed by atoms with Crippen molar-refractivity contribution in [3.8, 4) is 5.69 Å². The quantitative estimate of drug-likeness (QED) is 0.776. The summed E-state index contributed by atoms with van der Waals surface area (Å²) in [6.07, 6.45) is 0.957. The molecule has 1 aliphatic rings. The number of aromatic nitrogens is 2. The minimum absolute atomic E-state index is 0.762. The third-order valence-electron chi connectivity index (χ3n) is 3.19. The van der Waals surface area contributed by atoms with Crippen LogP contribution in [-0.4, -0.2) is 16.3 Å². The summed E-state index contributed by atoms with van der Waals surface area (Å²) >= 11 is 0. The van der Waals surface area contributed by atoms with E-state index in [0.717, 1.165) is 42.3 Å². The highest BCUT2D eigenvalue weighted by molar-refractivity contribution is 5.51. The first kappa shape index (κ1) is 10.4. The second-order valence-corrected chi connectivity index (χ2v) is 4.49. The van der Waals surface area contributed by atoms with Crippen LogP contribution in [0.4, 0.5) is 5.82 Å². The monoisotopic (exact) mass is 228 g/mol. The van der Waals surface area contributed by atoms with Gasteiger partial charge in [0.2, 0.25) is 0 Å². The van der Waals surface area contributed by atoms with Crippen LogP contribution < -0.4 is 11.1 Å². The Balaban J connectivity index is 2.12. The molecule has 2 heterocycles. The maximum absolute atomic E-state index is 6.17. The molecule has 0 amide bonds. The second kappa shape index (κ2) is 3.89. The lowest BCUT2D eigenvalue weighted by atomic mass is 10.1. The average molecular weight is 228 g/mol. The highest BCUT2D eigenvalue weighted by Gasteiger charge is 2.18. The summed E-state index contributed by atoms with van der Waals surface area (Å²) in [6.45, 7) is 3.88. The molecule has 0 radical (unpaired) electrons. The number of benzene rings is 1. The van der Waals surface area contributed by atoms with E-state index < -0.39 is 0 Å². The Kier molecular flexibility index (Phi) is 2.37. The zero-order valence-corrected chi connectivity index (χ0v) is 9.90. The van der Waals surface area contributed by atoms with Gasteiger partial charge < -0.3 is 11.1 Å². The lowest BCUT2D eigenvalue weighted by molar-refractivity contribution is 0.636. The predicted molar refractivity (Wildman–Crippen MR) is 68.1 cm³/mol. The number of rotatable bonds is 1. The molecule has 0 bridgehead atoms. The molecular formula is C13H16N4. The zero-order valence-electron chi connectivity index (χ0n) is 9.90. The van der Waals surface area contributed by atoms with E-state index in [9.17, 15) is 0 Å². The molecule has 88 valence electrons. The van der Waals surface area contributed by atoms with Crippen molar-refractivity contribution in [1.29, 1.82) is 0 Å². The van der Waals surface area contributed by atoms with Crippen molar-refractivity contribution in [1.82, 2.24) is 15.1 Å². The van der Waals surface area contributed by atoms with Crippen molar-refractivity contribution in [3.05, 3.63) is 41.1 Å². The molecule has 0 aliphatic carbocycles. The summed E-state index contributed by atoms with van der Waals surface area (Å²) in [7, 11) is 0. The first-order chi connectivity index (χ1) is 8.25. The molecular weight excluding hydrogens is 212 g/mol. The van der Waals surface area contributed by atoms with Crippen LogP contribution in [0.5, 0.6) is 0 Å². The van der Waals surface area contributed by atoms with Crippen molar-refractivity contribution in [2.45, 2.75) is 19.9 Å². The number of aryl methyl sites for hydroxylation is 1. The van der Waals surface area contributed by atoms with E-state index in [1.807, 2.05) is 16.8 Å². The van der Waals surface area contributed by atoms with Crippen molar-refractivity contribution in [2.24, 2.45) is 0 Å². The number of fused-ring (bicyclic) bond motifs is 1.